The lowest BCUT2D eigenvalue weighted by molar-refractivity contribution is -0.121. The molecule has 6 nitrogen and oxygen atoms in total. The molecule has 1 aromatic carbocycles. The van der Waals surface area contributed by atoms with Gasteiger partial charge in [0.1, 0.15) is 0 Å². The summed E-state index contributed by atoms with van der Waals surface area (Å²) in [5.74, 6) is -0.0404. The lowest BCUT2D eigenvalue weighted by Gasteiger charge is -2.13. The Hall–Kier alpha value is -2.47. The van der Waals surface area contributed by atoms with Gasteiger partial charge in [-0.25, -0.2) is 4.79 Å². The first-order valence-corrected chi connectivity index (χ1v) is 9.13. The zero-order chi connectivity index (χ0) is 18.5. The van der Waals surface area contributed by atoms with Gasteiger partial charge in [-0.1, -0.05) is 24.3 Å². The van der Waals surface area contributed by atoms with E-state index in [4.69, 9.17) is 5.11 Å². The van der Waals surface area contributed by atoms with Crippen molar-refractivity contribution in [2.45, 2.75) is 52.1 Å². The maximum Gasteiger partial charge on any atom is 0.348 e. The summed E-state index contributed by atoms with van der Waals surface area (Å²) in [7, 11) is 0. The van der Waals surface area contributed by atoms with Gasteiger partial charge in [0, 0.05) is 18.7 Å². The summed E-state index contributed by atoms with van der Waals surface area (Å²) < 4.78 is 1.57. The second kappa shape index (κ2) is 8.27. The summed E-state index contributed by atoms with van der Waals surface area (Å²) in [6, 6.07) is 7.97. The minimum absolute atomic E-state index is 0.0404. The molecule has 0 bridgehead atoms. The van der Waals surface area contributed by atoms with Crippen molar-refractivity contribution < 1.29 is 9.90 Å². The molecule has 1 heterocycles. The molecule has 0 fully saturated rings. The number of carbonyl (C=O) groups excluding carboxylic acids is 1. The molecular weight excluding hydrogens is 330 g/mol. The largest absolute Gasteiger partial charge is 0.395 e. The van der Waals surface area contributed by atoms with E-state index < -0.39 is 0 Å². The van der Waals surface area contributed by atoms with Gasteiger partial charge in [-0.15, -0.1) is 0 Å². The molecule has 0 aliphatic heterocycles. The summed E-state index contributed by atoms with van der Waals surface area (Å²) in [5.41, 5.74) is 4.74. The third-order valence-corrected chi connectivity index (χ3v) is 4.97. The van der Waals surface area contributed by atoms with E-state index in [9.17, 15) is 9.59 Å². The van der Waals surface area contributed by atoms with E-state index in [1.54, 1.807) is 4.57 Å². The molecule has 1 aliphatic carbocycles. The molecule has 0 spiro atoms. The van der Waals surface area contributed by atoms with Crippen LogP contribution in [0.4, 0.5) is 0 Å². The molecule has 0 radical (unpaired) electrons. The Morgan fingerprint density at radius 1 is 1.31 bits per heavy atom. The van der Waals surface area contributed by atoms with Crippen molar-refractivity contribution in [1.82, 2.24) is 14.9 Å². The fourth-order valence-electron chi connectivity index (χ4n) is 3.56. The summed E-state index contributed by atoms with van der Waals surface area (Å²) >= 11 is 0. The number of hydrogen-bond donors (Lipinski definition) is 2. The quantitative estimate of drug-likeness (QED) is 0.784. The number of benzene rings is 1. The molecule has 0 saturated heterocycles. The molecule has 1 amide bonds. The fourth-order valence-corrected chi connectivity index (χ4v) is 3.56. The number of hydrogen-bond acceptors (Lipinski definition) is 4. The van der Waals surface area contributed by atoms with Crippen molar-refractivity contribution in [2.24, 2.45) is 0 Å². The van der Waals surface area contributed by atoms with E-state index in [2.05, 4.69) is 10.3 Å². The molecule has 2 aromatic rings. The summed E-state index contributed by atoms with van der Waals surface area (Å²) in [6.07, 6.45) is 3.48. The number of nitrogens with one attached hydrogen (secondary N) is 1. The molecule has 6 heteroatoms. The van der Waals surface area contributed by atoms with Gasteiger partial charge in [-0.05, 0) is 49.3 Å². The molecule has 0 unspecified atom stereocenters. The SMILES string of the molecule is Cc1ccccc1CNC(=O)CCc1nc(=O)n(CCO)c2c1CCC2. The van der Waals surface area contributed by atoms with Crippen molar-refractivity contribution in [3.05, 3.63) is 62.8 Å². The van der Waals surface area contributed by atoms with Gasteiger partial charge < -0.3 is 10.4 Å². The molecule has 26 heavy (non-hydrogen) atoms. The predicted molar refractivity (Wildman–Crippen MR) is 99.0 cm³/mol. The zero-order valence-electron chi connectivity index (χ0n) is 15.1. The molecule has 0 saturated carbocycles. The second-order valence-electron chi connectivity index (χ2n) is 6.70. The van der Waals surface area contributed by atoms with Crippen LogP contribution in [0.5, 0.6) is 0 Å². The molecule has 3 rings (SSSR count). The van der Waals surface area contributed by atoms with Crippen LogP contribution < -0.4 is 11.0 Å². The molecule has 0 atom stereocenters. The Kier molecular flexibility index (Phi) is 5.83. The number of aliphatic hydroxyl groups is 1. The smallest absolute Gasteiger partial charge is 0.348 e. The Balaban J connectivity index is 1.64. The van der Waals surface area contributed by atoms with E-state index in [0.29, 0.717) is 19.4 Å². The minimum Gasteiger partial charge on any atom is -0.395 e. The summed E-state index contributed by atoms with van der Waals surface area (Å²) in [6.45, 7) is 2.74. The molecule has 1 aromatic heterocycles. The van der Waals surface area contributed by atoms with Crippen molar-refractivity contribution in [2.75, 3.05) is 6.61 Å². The van der Waals surface area contributed by atoms with Crippen molar-refractivity contribution in [3.63, 3.8) is 0 Å². The van der Waals surface area contributed by atoms with E-state index in [0.717, 1.165) is 47.3 Å². The van der Waals surface area contributed by atoms with Crippen molar-refractivity contribution in [3.8, 4) is 0 Å². The van der Waals surface area contributed by atoms with Crippen LogP contribution in [0.3, 0.4) is 0 Å². The number of fused-ring (bicyclic) bond motifs is 1. The molecule has 2 N–H and O–H groups in total. The lowest BCUT2D eigenvalue weighted by atomic mass is 10.1. The first-order valence-electron chi connectivity index (χ1n) is 9.13. The highest BCUT2D eigenvalue weighted by atomic mass is 16.3. The summed E-state index contributed by atoms with van der Waals surface area (Å²) in [5, 5.41) is 12.1. The maximum absolute atomic E-state index is 12.2. The van der Waals surface area contributed by atoms with E-state index in [1.807, 2.05) is 31.2 Å². The first-order chi connectivity index (χ1) is 12.6. The highest BCUT2D eigenvalue weighted by molar-refractivity contribution is 5.76. The van der Waals surface area contributed by atoms with Crippen LogP contribution in [0.1, 0.15) is 40.9 Å². The van der Waals surface area contributed by atoms with Crippen LogP contribution in [-0.4, -0.2) is 27.2 Å². The second-order valence-corrected chi connectivity index (χ2v) is 6.70. The average molecular weight is 355 g/mol. The van der Waals surface area contributed by atoms with Crippen LogP contribution in [0.15, 0.2) is 29.1 Å². The highest BCUT2D eigenvalue weighted by Crippen LogP contribution is 2.23. The Morgan fingerprint density at radius 3 is 2.88 bits per heavy atom. The Bertz CT molecular complexity index is 858. The van der Waals surface area contributed by atoms with Crippen LogP contribution in [-0.2, 0) is 37.1 Å². The van der Waals surface area contributed by atoms with Crippen molar-refractivity contribution in [1.29, 1.82) is 0 Å². The third-order valence-electron chi connectivity index (χ3n) is 4.97. The van der Waals surface area contributed by atoms with E-state index >= 15 is 0 Å². The summed E-state index contributed by atoms with van der Waals surface area (Å²) in [4.78, 5) is 28.6. The van der Waals surface area contributed by atoms with Gasteiger partial charge in [-0.2, -0.15) is 4.98 Å². The van der Waals surface area contributed by atoms with Gasteiger partial charge in [0.25, 0.3) is 0 Å². The highest BCUT2D eigenvalue weighted by Gasteiger charge is 2.21. The first kappa shape index (κ1) is 18.3. The van der Waals surface area contributed by atoms with E-state index in [1.165, 1.54) is 0 Å². The lowest BCUT2D eigenvalue weighted by Crippen LogP contribution is -2.30. The zero-order valence-corrected chi connectivity index (χ0v) is 15.1. The third kappa shape index (κ3) is 4.02. The number of nitrogens with zero attached hydrogens (tertiary/aromatic N) is 2. The molecular formula is C20H25N3O3. The standard InChI is InChI=1S/C20H25N3O3/c1-14-5-2-3-6-15(14)13-21-19(25)10-9-17-16-7-4-8-18(16)23(11-12-24)20(26)22-17/h2-3,5-6,24H,4,7-13H2,1H3,(H,21,25). The van der Waals surface area contributed by atoms with Gasteiger partial charge in [0.05, 0.1) is 18.8 Å². The number of aryl methyl sites for hydroxylation is 2. The number of aromatic nitrogens is 2. The maximum atomic E-state index is 12.2. The topological polar surface area (TPSA) is 84.2 Å². The van der Waals surface area contributed by atoms with Crippen LogP contribution in [0.2, 0.25) is 0 Å². The van der Waals surface area contributed by atoms with Gasteiger partial charge in [0.2, 0.25) is 5.91 Å². The normalized spacial score (nSPS) is 12.8. The van der Waals surface area contributed by atoms with Crippen LogP contribution >= 0.6 is 0 Å². The van der Waals surface area contributed by atoms with Gasteiger partial charge in [0.15, 0.2) is 0 Å². The number of carbonyl (C=O) groups is 1. The van der Waals surface area contributed by atoms with E-state index in [-0.39, 0.29) is 24.7 Å². The van der Waals surface area contributed by atoms with Gasteiger partial charge >= 0.3 is 5.69 Å². The number of rotatable bonds is 7. The Labute approximate surface area is 152 Å². The monoisotopic (exact) mass is 355 g/mol. The number of amides is 1. The minimum atomic E-state index is -0.324. The van der Waals surface area contributed by atoms with Crippen molar-refractivity contribution >= 4 is 5.91 Å². The van der Waals surface area contributed by atoms with Gasteiger partial charge in [-0.3, -0.25) is 9.36 Å². The average Bonchev–Trinajstić information content (AvgIpc) is 3.12. The van der Waals surface area contributed by atoms with Crippen LogP contribution in [0, 0.1) is 6.92 Å². The number of aliphatic hydroxyl groups excluding tert-OH is 1. The predicted octanol–water partition coefficient (Wildman–Crippen LogP) is 1.28. The van der Waals surface area contributed by atoms with Crippen LogP contribution in [0.25, 0.3) is 0 Å². The fraction of sp³-hybridized carbons (Fsp3) is 0.450. The Morgan fingerprint density at radius 2 is 2.12 bits per heavy atom. The molecule has 1 aliphatic rings. The molecule has 138 valence electrons.